The Bertz CT molecular complexity index is 403. The summed E-state index contributed by atoms with van der Waals surface area (Å²) in [7, 11) is 5.76. The van der Waals surface area contributed by atoms with Crippen molar-refractivity contribution < 1.29 is 0 Å². The van der Waals surface area contributed by atoms with E-state index in [1.165, 1.54) is 9.40 Å². The van der Waals surface area contributed by atoms with E-state index in [-0.39, 0.29) is 0 Å². The quantitative estimate of drug-likeness (QED) is 0.599. The summed E-state index contributed by atoms with van der Waals surface area (Å²) >= 11 is 13.7. The first-order valence-corrected chi connectivity index (χ1v) is 6.93. The van der Waals surface area contributed by atoms with Crippen LogP contribution in [0.1, 0.15) is 0 Å². The molecule has 60 valence electrons. The van der Waals surface area contributed by atoms with Crippen molar-refractivity contribution in [2.45, 2.75) is 0 Å². The number of halogens is 3. The fourth-order valence-electron chi connectivity index (χ4n) is 0.872. The molecule has 0 nitrogen and oxygen atoms in total. The smallest absolute Gasteiger partial charge is 0.130 e. The third-order valence-electron chi connectivity index (χ3n) is 1.40. The average molecular weight is 387 g/mol. The Morgan fingerprint density at radius 3 is 2.08 bits per heavy atom. The topological polar surface area (TPSA) is 0 Å². The predicted octanol–water partition coefficient (Wildman–Crippen LogP) is 4.04. The van der Waals surface area contributed by atoms with Gasteiger partial charge in [0.15, 0.2) is 0 Å². The molecule has 0 N–H and O–H groups in total. The first-order valence-electron chi connectivity index (χ1n) is 2.92. The summed E-state index contributed by atoms with van der Waals surface area (Å²) in [6.45, 7) is 0. The minimum absolute atomic E-state index is 0.837. The van der Waals surface area contributed by atoms with Gasteiger partial charge < -0.3 is 0 Å². The van der Waals surface area contributed by atoms with Crippen LogP contribution in [0.15, 0.2) is 12.7 Å². The third-order valence-corrected chi connectivity index (χ3v) is 7.64. The van der Waals surface area contributed by atoms with Gasteiger partial charge in [0.2, 0.25) is 0 Å². The second kappa shape index (κ2) is 3.39. The lowest BCUT2D eigenvalue weighted by molar-refractivity contribution is 1.98. The van der Waals surface area contributed by atoms with Crippen molar-refractivity contribution in [2.24, 2.45) is 0 Å². The van der Waals surface area contributed by atoms with Crippen LogP contribution in [-0.4, -0.2) is 7.85 Å². The van der Waals surface area contributed by atoms with Gasteiger partial charge in [-0.25, -0.2) is 0 Å². The molecule has 0 aliphatic rings. The Morgan fingerprint density at radius 1 is 0.917 bits per heavy atom. The van der Waals surface area contributed by atoms with Gasteiger partial charge in [0.05, 0.1) is 17.7 Å². The zero-order valence-electron chi connectivity index (χ0n) is 5.53. The fourth-order valence-corrected chi connectivity index (χ4v) is 5.26. The molecule has 12 heavy (non-hydrogen) atoms. The van der Waals surface area contributed by atoms with E-state index in [4.69, 9.17) is 7.85 Å². The number of fused-ring (bicyclic) bond motifs is 1. The Morgan fingerprint density at radius 2 is 1.50 bits per heavy atom. The average Bonchev–Trinajstić information content (AvgIpc) is 2.43. The molecular formula is C6BBr3S2. The molecule has 0 spiro atoms. The Labute approximate surface area is 104 Å². The van der Waals surface area contributed by atoms with E-state index in [0.717, 1.165) is 17.5 Å². The van der Waals surface area contributed by atoms with Crippen molar-refractivity contribution in [2.75, 3.05) is 0 Å². The van der Waals surface area contributed by atoms with E-state index < -0.39 is 0 Å². The van der Waals surface area contributed by atoms with Crippen molar-refractivity contribution in [3.63, 3.8) is 0 Å². The molecule has 0 unspecified atom stereocenters. The summed E-state index contributed by atoms with van der Waals surface area (Å²) in [6, 6.07) is 0. The summed E-state index contributed by atoms with van der Waals surface area (Å²) in [5.74, 6) is 0. The van der Waals surface area contributed by atoms with Crippen LogP contribution in [0, 0.1) is 0 Å². The summed E-state index contributed by atoms with van der Waals surface area (Å²) in [6.07, 6.45) is 0. The van der Waals surface area contributed by atoms with Gasteiger partial charge in [0.1, 0.15) is 7.85 Å². The Kier molecular flexibility index (Phi) is 2.74. The summed E-state index contributed by atoms with van der Waals surface area (Å²) in [5.41, 5.74) is 0. The first-order chi connectivity index (χ1) is 5.61. The lowest BCUT2D eigenvalue weighted by atomic mass is 10.1. The predicted molar refractivity (Wildman–Crippen MR) is 68.2 cm³/mol. The van der Waals surface area contributed by atoms with Crippen LogP contribution < -0.4 is 4.78 Å². The summed E-state index contributed by atoms with van der Waals surface area (Å²) in [5, 5.41) is 0. The second-order valence-electron chi connectivity index (χ2n) is 2.13. The molecule has 2 rings (SSSR count). The molecule has 0 aliphatic carbocycles. The van der Waals surface area contributed by atoms with Crippen molar-refractivity contribution in [1.82, 2.24) is 0 Å². The van der Waals surface area contributed by atoms with Crippen LogP contribution in [0.2, 0.25) is 0 Å². The highest BCUT2D eigenvalue weighted by molar-refractivity contribution is 9.13. The molecule has 0 aromatic carbocycles. The van der Waals surface area contributed by atoms with Crippen LogP contribution in [0.4, 0.5) is 0 Å². The largest absolute Gasteiger partial charge is 0.148 e. The molecule has 2 radical (unpaired) electrons. The van der Waals surface area contributed by atoms with Crippen molar-refractivity contribution in [3.8, 4) is 0 Å². The highest BCUT2D eigenvalue weighted by Crippen LogP contribution is 2.44. The minimum atomic E-state index is 0.837. The van der Waals surface area contributed by atoms with Crippen LogP contribution in [-0.2, 0) is 0 Å². The molecule has 0 fully saturated rings. The second-order valence-corrected chi connectivity index (χ2v) is 7.11. The van der Waals surface area contributed by atoms with E-state index >= 15 is 0 Å². The number of hydrogen-bond donors (Lipinski definition) is 0. The van der Waals surface area contributed by atoms with Crippen LogP contribution in [0.3, 0.4) is 0 Å². The van der Waals surface area contributed by atoms with Gasteiger partial charge in [-0.05, 0) is 52.6 Å². The van der Waals surface area contributed by atoms with Gasteiger partial charge in [-0.2, -0.15) is 0 Å². The van der Waals surface area contributed by atoms with E-state index in [0.29, 0.717) is 0 Å². The van der Waals surface area contributed by atoms with E-state index in [1.54, 1.807) is 22.7 Å². The first kappa shape index (κ1) is 9.71. The zero-order valence-corrected chi connectivity index (χ0v) is 11.9. The van der Waals surface area contributed by atoms with Crippen molar-refractivity contribution in [3.05, 3.63) is 12.7 Å². The number of hydrogen-bond acceptors (Lipinski definition) is 2. The number of rotatable bonds is 0. The SMILES string of the molecule is [B]c1sc2c(Br)c(Br)sc2c1Br. The van der Waals surface area contributed by atoms with Crippen LogP contribution in [0.25, 0.3) is 9.40 Å². The van der Waals surface area contributed by atoms with Gasteiger partial charge in [-0.15, -0.1) is 22.7 Å². The molecule has 0 saturated carbocycles. The molecule has 2 heterocycles. The molecule has 0 atom stereocenters. The molecule has 6 heteroatoms. The molecule has 0 aliphatic heterocycles. The monoisotopic (exact) mass is 384 g/mol. The maximum absolute atomic E-state index is 5.76. The fraction of sp³-hybridized carbons (Fsp3) is 0. The standard InChI is InChI=1S/C6BBr3S2/c7-5-1(8)3-4(11-5)2(9)6(10)12-3. The van der Waals surface area contributed by atoms with E-state index in [2.05, 4.69) is 47.8 Å². The Balaban J connectivity index is 2.93. The molecular weight excluding hydrogens is 387 g/mol. The van der Waals surface area contributed by atoms with Gasteiger partial charge in [0.25, 0.3) is 0 Å². The Hall–Kier alpha value is 1.16. The molecule has 0 saturated heterocycles. The maximum atomic E-state index is 5.76. The highest BCUT2D eigenvalue weighted by atomic mass is 79.9. The van der Waals surface area contributed by atoms with Crippen molar-refractivity contribution in [1.29, 1.82) is 0 Å². The minimum Gasteiger partial charge on any atom is -0.148 e. The normalized spacial score (nSPS) is 11.2. The van der Waals surface area contributed by atoms with Crippen molar-refractivity contribution >= 4 is 92.5 Å². The van der Waals surface area contributed by atoms with E-state index in [9.17, 15) is 0 Å². The molecule has 0 amide bonds. The molecule has 0 bridgehead atoms. The molecule has 2 aromatic rings. The number of thiophene rings is 2. The lowest BCUT2D eigenvalue weighted by Crippen LogP contribution is -1.93. The third kappa shape index (κ3) is 1.36. The van der Waals surface area contributed by atoms with Gasteiger partial charge in [0, 0.05) is 4.47 Å². The maximum Gasteiger partial charge on any atom is 0.130 e. The van der Waals surface area contributed by atoms with Gasteiger partial charge in [-0.1, -0.05) is 0 Å². The molecule has 2 aromatic heterocycles. The van der Waals surface area contributed by atoms with Crippen LogP contribution in [0.5, 0.6) is 0 Å². The summed E-state index contributed by atoms with van der Waals surface area (Å²) < 4.78 is 6.48. The highest BCUT2D eigenvalue weighted by Gasteiger charge is 2.14. The lowest BCUT2D eigenvalue weighted by Gasteiger charge is -1.84. The van der Waals surface area contributed by atoms with Gasteiger partial charge >= 0.3 is 0 Å². The van der Waals surface area contributed by atoms with Crippen LogP contribution >= 0.6 is 70.5 Å². The zero-order chi connectivity index (χ0) is 8.88. The van der Waals surface area contributed by atoms with Gasteiger partial charge in [-0.3, -0.25) is 0 Å². The summed E-state index contributed by atoms with van der Waals surface area (Å²) in [4.78, 5) is 0. The van der Waals surface area contributed by atoms with E-state index in [1.807, 2.05) is 0 Å².